The van der Waals surface area contributed by atoms with Crippen LogP contribution in [0.15, 0.2) is 15.8 Å². The highest BCUT2D eigenvalue weighted by molar-refractivity contribution is 9.10. The topological polar surface area (TPSA) is 30.7 Å². The van der Waals surface area contributed by atoms with E-state index in [1.165, 1.54) is 11.8 Å². The van der Waals surface area contributed by atoms with Crippen molar-refractivity contribution in [3.8, 4) is 0 Å². The number of aryl methyl sites for hydroxylation is 1. The zero-order valence-electron chi connectivity index (χ0n) is 7.58. The Hall–Kier alpha value is -0.260. The van der Waals surface area contributed by atoms with E-state index in [4.69, 9.17) is 11.6 Å². The van der Waals surface area contributed by atoms with Gasteiger partial charge in [-0.15, -0.1) is 0 Å². The summed E-state index contributed by atoms with van der Waals surface area (Å²) in [6.07, 6.45) is 3.85. The number of fused-ring (bicyclic) bond motifs is 1. The van der Waals surface area contributed by atoms with Gasteiger partial charge in [0.25, 0.3) is 0 Å². The van der Waals surface area contributed by atoms with E-state index in [2.05, 4.69) is 25.9 Å². The van der Waals surface area contributed by atoms with Crippen LogP contribution in [-0.4, -0.2) is 20.8 Å². The number of thioether (sulfide) groups is 1. The third-order valence-corrected chi connectivity index (χ3v) is 3.31. The van der Waals surface area contributed by atoms with Crippen LogP contribution in [-0.2, 0) is 7.05 Å². The SMILES string of the molecule is CSc1nc(Cl)c2c(Br)cn(C)c2n1. The van der Waals surface area contributed by atoms with E-state index in [1.54, 1.807) is 0 Å². The number of halogens is 2. The van der Waals surface area contributed by atoms with Crippen LogP contribution in [0.5, 0.6) is 0 Å². The van der Waals surface area contributed by atoms with E-state index in [9.17, 15) is 0 Å². The fourth-order valence-electron chi connectivity index (χ4n) is 1.25. The number of aromatic nitrogens is 3. The lowest BCUT2D eigenvalue weighted by atomic mass is 10.4. The highest BCUT2D eigenvalue weighted by Gasteiger charge is 2.12. The molecule has 0 aliphatic rings. The summed E-state index contributed by atoms with van der Waals surface area (Å²) in [6, 6.07) is 0. The molecule has 0 amide bonds. The Kier molecular flexibility index (Phi) is 2.72. The lowest BCUT2D eigenvalue weighted by molar-refractivity contribution is 0.907. The van der Waals surface area contributed by atoms with Gasteiger partial charge in [0, 0.05) is 17.7 Å². The molecule has 2 heterocycles. The smallest absolute Gasteiger partial charge is 0.190 e. The third-order valence-electron chi connectivity index (χ3n) is 1.89. The van der Waals surface area contributed by atoms with Gasteiger partial charge in [0.2, 0.25) is 0 Å². The van der Waals surface area contributed by atoms with E-state index < -0.39 is 0 Å². The lowest BCUT2D eigenvalue weighted by Gasteiger charge is -1.99. The fourth-order valence-corrected chi connectivity index (χ4v) is 2.71. The monoisotopic (exact) mass is 291 g/mol. The molecule has 14 heavy (non-hydrogen) atoms. The second kappa shape index (κ2) is 3.72. The first-order chi connectivity index (χ1) is 6.63. The first-order valence-corrected chi connectivity index (χ1v) is 6.25. The molecule has 0 aliphatic carbocycles. The summed E-state index contributed by atoms with van der Waals surface area (Å²) in [7, 11) is 1.93. The van der Waals surface area contributed by atoms with Crippen LogP contribution >= 0.6 is 39.3 Å². The molecule has 0 fully saturated rings. The van der Waals surface area contributed by atoms with Gasteiger partial charge in [0.05, 0.1) is 5.39 Å². The van der Waals surface area contributed by atoms with E-state index in [0.717, 1.165) is 15.5 Å². The Morgan fingerprint density at radius 1 is 1.50 bits per heavy atom. The number of rotatable bonds is 1. The minimum absolute atomic E-state index is 0.492. The molecule has 2 aromatic rings. The maximum atomic E-state index is 6.05. The summed E-state index contributed by atoms with van der Waals surface area (Å²) in [5.74, 6) is 0. The Labute approximate surface area is 99.0 Å². The average molecular weight is 293 g/mol. The second-order valence-electron chi connectivity index (χ2n) is 2.79. The Morgan fingerprint density at radius 3 is 2.86 bits per heavy atom. The van der Waals surface area contributed by atoms with Crippen LogP contribution in [0.4, 0.5) is 0 Å². The van der Waals surface area contributed by atoms with Crippen molar-refractivity contribution in [1.29, 1.82) is 0 Å². The van der Waals surface area contributed by atoms with Gasteiger partial charge in [0.15, 0.2) is 5.16 Å². The fraction of sp³-hybridized carbons (Fsp3) is 0.250. The lowest BCUT2D eigenvalue weighted by Crippen LogP contribution is -1.92. The van der Waals surface area contributed by atoms with E-state index >= 15 is 0 Å². The maximum Gasteiger partial charge on any atom is 0.190 e. The van der Waals surface area contributed by atoms with Crippen LogP contribution < -0.4 is 0 Å². The molecular formula is C8H7BrClN3S. The molecule has 0 unspecified atom stereocenters. The quantitative estimate of drug-likeness (QED) is 0.460. The Morgan fingerprint density at radius 2 is 2.21 bits per heavy atom. The molecule has 0 aliphatic heterocycles. The van der Waals surface area contributed by atoms with Crippen molar-refractivity contribution in [3.63, 3.8) is 0 Å². The number of nitrogens with zero attached hydrogens (tertiary/aromatic N) is 3. The maximum absolute atomic E-state index is 6.05. The molecule has 6 heteroatoms. The van der Waals surface area contributed by atoms with Crippen LogP contribution in [0.1, 0.15) is 0 Å². The van der Waals surface area contributed by atoms with Gasteiger partial charge in [-0.05, 0) is 22.2 Å². The number of hydrogen-bond donors (Lipinski definition) is 0. The molecule has 74 valence electrons. The van der Waals surface area contributed by atoms with Gasteiger partial charge < -0.3 is 4.57 Å². The van der Waals surface area contributed by atoms with Crippen molar-refractivity contribution in [2.75, 3.05) is 6.26 Å². The van der Waals surface area contributed by atoms with E-state index in [0.29, 0.717) is 10.3 Å². The molecule has 2 rings (SSSR count). The van der Waals surface area contributed by atoms with Gasteiger partial charge in [-0.3, -0.25) is 0 Å². The summed E-state index contributed by atoms with van der Waals surface area (Å²) < 4.78 is 2.85. The van der Waals surface area contributed by atoms with Crippen LogP contribution in [0.25, 0.3) is 11.0 Å². The molecule has 0 bridgehead atoms. The van der Waals surface area contributed by atoms with E-state index in [1.807, 2.05) is 24.1 Å². The Balaban J connectivity index is 2.86. The first kappa shape index (κ1) is 10.3. The number of hydrogen-bond acceptors (Lipinski definition) is 3. The summed E-state index contributed by atoms with van der Waals surface area (Å²) in [5, 5.41) is 2.05. The molecule has 0 N–H and O–H groups in total. The second-order valence-corrected chi connectivity index (χ2v) is 4.77. The molecule has 0 radical (unpaired) electrons. The zero-order chi connectivity index (χ0) is 10.3. The van der Waals surface area contributed by atoms with Crippen molar-refractivity contribution >= 4 is 50.3 Å². The minimum atomic E-state index is 0.492. The largest absolute Gasteiger partial charge is 0.334 e. The first-order valence-electron chi connectivity index (χ1n) is 3.85. The van der Waals surface area contributed by atoms with Crippen LogP contribution in [0, 0.1) is 0 Å². The van der Waals surface area contributed by atoms with E-state index in [-0.39, 0.29) is 0 Å². The summed E-state index contributed by atoms with van der Waals surface area (Å²) in [4.78, 5) is 8.54. The van der Waals surface area contributed by atoms with Gasteiger partial charge in [-0.1, -0.05) is 23.4 Å². The molecule has 0 aromatic carbocycles. The van der Waals surface area contributed by atoms with Crippen molar-refractivity contribution in [1.82, 2.24) is 14.5 Å². The van der Waals surface area contributed by atoms with Crippen molar-refractivity contribution in [2.24, 2.45) is 7.05 Å². The molecule has 0 atom stereocenters. The summed E-state index contributed by atoms with van der Waals surface area (Å²) in [5.41, 5.74) is 0.848. The van der Waals surface area contributed by atoms with Crippen LogP contribution in [0.3, 0.4) is 0 Å². The van der Waals surface area contributed by atoms with Gasteiger partial charge in [-0.2, -0.15) is 0 Å². The molecule has 2 aromatic heterocycles. The predicted molar refractivity (Wildman–Crippen MR) is 63.0 cm³/mol. The average Bonchev–Trinajstić information content (AvgIpc) is 2.42. The molecule has 0 spiro atoms. The molecule has 0 saturated carbocycles. The molecule has 3 nitrogen and oxygen atoms in total. The standard InChI is InChI=1S/C8H7BrClN3S/c1-13-3-4(9)5-6(10)11-8(14-2)12-7(5)13/h3H,1-2H3. The minimum Gasteiger partial charge on any atom is -0.334 e. The van der Waals surface area contributed by atoms with Gasteiger partial charge >= 0.3 is 0 Å². The summed E-state index contributed by atoms with van der Waals surface area (Å²) >= 11 is 11.0. The molecular weight excluding hydrogens is 286 g/mol. The predicted octanol–water partition coefficient (Wildman–Crippen LogP) is 3.11. The van der Waals surface area contributed by atoms with Crippen molar-refractivity contribution < 1.29 is 0 Å². The third kappa shape index (κ3) is 1.53. The highest BCUT2D eigenvalue weighted by atomic mass is 79.9. The zero-order valence-corrected chi connectivity index (χ0v) is 10.7. The Bertz CT molecular complexity index is 497. The van der Waals surface area contributed by atoms with Gasteiger partial charge in [0.1, 0.15) is 10.8 Å². The summed E-state index contributed by atoms with van der Waals surface area (Å²) in [6.45, 7) is 0. The highest BCUT2D eigenvalue weighted by Crippen LogP contribution is 2.30. The van der Waals surface area contributed by atoms with Crippen molar-refractivity contribution in [2.45, 2.75) is 5.16 Å². The van der Waals surface area contributed by atoms with Crippen molar-refractivity contribution in [3.05, 3.63) is 15.8 Å². The van der Waals surface area contributed by atoms with Crippen LogP contribution in [0.2, 0.25) is 5.15 Å². The molecule has 0 saturated heterocycles. The van der Waals surface area contributed by atoms with Gasteiger partial charge in [-0.25, -0.2) is 9.97 Å². The normalized spacial score (nSPS) is 11.1.